The van der Waals surface area contributed by atoms with Crippen molar-refractivity contribution in [2.75, 3.05) is 48.9 Å². The first kappa shape index (κ1) is 19.4. The van der Waals surface area contributed by atoms with Gasteiger partial charge in [0.15, 0.2) is 5.82 Å². The molecule has 8 heteroatoms. The zero-order valence-corrected chi connectivity index (χ0v) is 18.2. The van der Waals surface area contributed by atoms with Gasteiger partial charge in [0.1, 0.15) is 11.3 Å². The van der Waals surface area contributed by atoms with E-state index in [9.17, 15) is 0 Å². The molecule has 4 heterocycles. The topological polar surface area (TPSA) is 65.7 Å². The Labute approximate surface area is 172 Å². The summed E-state index contributed by atoms with van der Waals surface area (Å²) in [6.45, 7) is 8.43. The highest BCUT2D eigenvalue weighted by Gasteiger charge is 2.29. The van der Waals surface area contributed by atoms with Crippen molar-refractivity contribution in [2.45, 2.75) is 38.6 Å². The van der Waals surface area contributed by atoms with Crippen LogP contribution in [0.4, 0.5) is 17.6 Å². The van der Waals surface area contributed by atoms with Gasteiger partial charge in [0.05, 0.1) is 5.69 Å². The number of fused-ring (bicyclic) bond motifs is 1. The van der Waals surface area contributed by atoms with Crippen LogP contribution in [0.25, 0.3) is 5.52 Å². The zero-order chi connectivity index (χ0) is 20.8. The fourth-order valence-electron chi connectivity index (χ4n) is 3.71. The Morgan fingerprint density at radius 2 is 1.90 bits per heavy atom. The normalized spacial score (nSPS) is 17.2. The van der Waals surface area contributed by atoms with Crippen LogP contribution in [0.3, 0.4) is 0 Å². The molecular weight excluding hydrogens is 364 g/mol. The molecule has 0 saturated carbocycles. The molecule has 1 fully saturated rings. The van der Waals surface area contributed by atoms with E-state index in [4.69, 9.17) is 10.1 Å². The molecule has 0 radical (unpaired) electrons. The highest BCUT2D eigenvalue weighted by atomic mass is 15.3. The van der Waals surface area contributed by atoms with E-state index in [2.05, 4.69) is 53.7 Å². The molecule has 1 aliphatic rings. The molecule has 0 N–H and O–H groups in total. The standard InChI is InChI=1S/C21H30N8/c1-21(2,3)17-13-16-19(22-10-12-29(16)25-17)28-11-8-15(14-28)27(6)18-7-9-23-20(24-18)26(4)5/h7,9-10,12-13,15H,8,11,14H2,1-6H3. The molecular formula is C21H30N8. The van der Waals surface area contributed by atoms with Crippen LogP contribution >= 0.6 is 0 Å². The van der Waals surface area contributed by atoms with E-state index < -0.39 is 0 Å². The predicted molar refractivity (Wildman–Crippen MR) is 117 cm³/mol. The van der Waals surface area contributed by atoms with Gasteiger partial charge < -0.3 is 14.7 Å². The van der Waals surface area contributed by atoms with Gasteiger partial charge in [0, 0.05) is 64.3 Å². The van der Waals surface area contributed by atoms with Crippen molar-refractivity contribution in [1.82, 2.24) is 24.6 Å². The Morgan fingerprint density at radius 3 is 2.62 bits per heavy atom. The number of hydrogen-bond acceptors (Lipinski definition) is 7. The molecule has 0 spiro atoms. The molecule has 29 heavy (non-hydrogen) atoms. The van der Waals surface area contributed by atoms with E-state index in [1.54, 1.807) is 0 Å². The monoisotopic (exact) mass is 394 g/mol. The third-order valence-electron chi connectivity index (χ3n) is 5.54. The molecule has 8 nitrogen and oxygen atoms in total. The van der Waals surface area contributed by atoms with E-state index in [1.165, 1.54) is 0 Å². The second-order valence-corrected chi connectivity index (χ2v) is 8.97. The predicted octanol–water partition coefficient (Wildman–Crippen LogP) is 2.60. The van der Waals surface area contributed by atoms with Crippen LogP contribution < -0.4 is 14.7 Å². The van der Waals surface area contributed by atoms with E-state index >= 15 is 0 Å². The first-order valence-electron chi connectivity index (χ1n) is 10.1. The summed E-state index contributed by atoms with van der Waals surface area (Å²) in [5.74, 6) is 2.67. The maximum Gasteiger partial charge on any atom is 0.226 e. The lowest BCUT2D eigenvalue weighted by atomic mass is 9.92. The minimum absolute atomic E-state index is 0.00815. The van der Waals surface area contributed by atoms with Crippen LogP contribution in [-0.2, 0) is 5.41 Å². The van der Waals surface area contributed by atoms with E-state index in [1.807, 2.05) is 48.2 Å². The quantitative estimate of drug-likeness (QED) is 0.674. The van der Waals surface area contributed by atoms with Crippen LogP contribution in [0, 0.1) is 0 Å². The summed E-state index contributed by atoms with van der Waals surface area (Å²) >= 11 is 0. The third-order valence-corrected chi connectivity index (χ3v) is 5.54. The summed E-state index contributed by atoms with van der Waals surface area (Å²) in [5, 5.41) is 4.76. The Balaban J connectivity index is 1.57. The van der Waals surface area contributed by atoms with Gasteiger partial charge >= 0.3 is 0 Å². The zero-order valence-electron chi connectivity index (χ0n) is 18.2. The molecule has 0 bridgehead atoms. The molecule has 1 atom stereocenters. The number of nitrogens with zero attached hydrogens (tertiary/aromatic N) is 8. The summed E-state index contributed by atoms with van der Waals surface area (Å²) in [6.07, 6.45) is 6.65. The Hall–Kier alpha value is -2.90. The van der Waals surface area contributed by atoms with Crippen LogP contribution in [0.5, 0.6) is 0 Å². The maximum atomic E-state index is 4.76. The molecule has 1 saturated heterocycles. The van der Waals surface area contributed by atoms with E-state index in [-0.39, 0.29) is 5.41 Å². The minimum Gasteiger partial charge on any atom is -0.355 e. The number of rotatable bonds is 4. The van der Waals surface area contributed by atoms with Crippen molar-refractivity contribution in [3.63, 3.8) is 0 Å². The second-order valence-electron chi connectivity index (χ2n) is 8.97. The van der Waals surface area contributed by atoms with Crippen molar-refractivity contribution in [3.05, 3.63) is 36.4 Å². The lowest BCUT2D eigenvalue weighted by molar-refractivity contribution is 0.562. The Morgan fingerprint density at radius 1 is 1.10 bits per heavy atom. The SMILES string of the molecule is CN(C)c1nccc(N(C)C2CCN(c3nccn4nc(C(C)(C)C)cc34)C2)n1. The average Bonchev–Trinajstić information content (AvgIpc) is 3.34. The van der Waals surface area contributed by atoms with Gasteiger partial charge in [-0.2, -0.15) is 10.1 Å². The summed E-state index contributed by atoms with van der Waals surface area (Å²) < 4.78 is 1.95. The van der Waals surface area contributed by atoms with Crippen LogP contribution in [0.15, 0.2) is 30.7 Å². The Bertz CT molecular complexity index is 1000. The van der Waals surface area contributed by atoms with Gasteiger partial charge in [-0.3, -0.25) is 0 Å². The largest absolute Gasteiger partial charge is 0.355 e. The molecule has 0 amide bonds. The summed E-state index contributed by atoms with van der Waals surface area (Å²) in [6, 6.07) is 4.51. The van der Waals surface area contributed by atoms with E-state index in [0.717, 1.165) is 48.3 Å². The van der Waals surface area contributed by atoms with Crippen molar-refractivity contribution < 1.29 is 0 Å². The molecule has 1 unspecified atom stereocenters. The molecule has 154 valence electrons. The van der Waals surface area contributed by atoms with Crippen LogP contribution in [-0.4, -0.2) is 64.8 Å². The van der Waals surface area contributed by atoms with Gasteiger partial charge in [-0.1, -0.05) is 20.8 Å². The maximum absolute atomic E-state index is 4.76. The van der Waals surface area contributed by atoms with Gasteiger partial charge in [-0.15, -0.1) is 0 Å². The first-order valence-corrected chi connectivity index (χ1v) is 10.1. The lowest BCUT2D eigenvalue weighted by Crippen LogP contribution is -2.35. The van der Waals surface area contributed by atoms with Crippen molar-refractivity contribution in [2.24, 2.45) is 0 Å². The summed E-state index contributed by atoms with van der Waals surface area (Å²) in [4.78, 5) is 20.3. The summed E-state index contributed by atoms with van der Waals surface area (Å²) in [5.41, 5.74) is 2.16. The van der Waals surface area contributed by atoms with Crippen LogP contribution in [0.1, 0.15) is 32.9 Å². The van der Waals surface area contributed by atoms with Crippen LogP contribution in [0.2, 0.25) is 0 Å². The second kappa shape index (κ2) is 7.17. The highest BCUT2D eigenvalue weighted by Crippen LogP contribution is 2.29. The number of aromatic nitrogens is 5. The summed E-state index contributed by atoms with van der Waals surface area (Å²) in [7, 11) is 6.03. The van der Waals surface area contributed by atoms with Gasteiger partial charge in [-0.25, -0.2) is 14.5 Å². The fraction of sp³-hybridized carbons (Fsp3) is 0.524. The number of likely N-dealkylation sites (N-methyl/N-ethyl adjacent to an activating group) is 1. The average molecular weight is 395 g/mol. The molecule has 3 aromatic rings. The van der Waals surface area contributed by atoms with Gasteiger partial charge in [-0.05, 0) is 18.6 Å². The minimum atomic E-state index is 0.00815. The lowest BCUT2D eigenvalue weighted by Gasteiger charge is -2.26. The molecule has 0 aliphatic carbocycles. The van der Waals surface area contributed by atoms with Crippen molar-refractivity contribution in [3.8, 4) is 0 Å². The molecule has 0 aromatic carbocycles. The van der Waals surface area contributed by atoms with E-state index in [0.29, 0.717) is 6.04 Å². The third kappa shape index (κ3) is 3.71. The first-order chi connectivity index (χ1) is 13.7. The van der Waals surface area contributed by atoms with Crippen molar-refractivity contribution in [1.29, 1.82) is 0 Å². The number of anilines is 3. The number of hydrogen-bond donors (Lipinski definition) is 0. The van der Waals surface area contributed by atoms with Crippen molar-refractivity contribution >= 4 is 23.1 Å². The highest BCUT2D eigenvalue weighted by molar-refractivity contribution is 5.70. The van der Waals surface area contributed by atoms with Gasteiger partial charge in [0.25, 0.3) is 0 Å². The smallest absolute Gasteiger partial charge is 0.226 e. The fourth-order valence-corrected chi connectivity index (χ4v) is 3.71. The Kier molecular flexibility index (Phi) is 4.80. The molecule has 1 aliphatic heterocycles. The molecule has 4 rings (SSSR count). The molecule has 3 aromatic heterocycles. The van der Waals surface area contributed by atoms with Gasteiger partial charge in [0.2, 0.25) is 5.95 Å².